The lowest BCUT2D eigenvalue weighted by Gasteiger charge is -2.42. The summed E-state index contributed by atoms with van der Waals surface area (Å²) < 4.78 is 0.711. The van der Waals surface area contributed by atoms with Crippen molar-refractivity contribution in [2.75, 3.05) is 0 Å². The van der Waals surface area contributed by atoms with Crippen molar-refractivity contribution in [3.63, 3.8) is 0 Å². The van der Waals surface area contributed by atoms with Gasteiger partial charge in [-0.3, -0.25) is 19.9 Å². The molecule has 2 fully saturated rings. The van der Waals surface area contributed by atoms with Crippen molar-refractivity contribution in [1.29, 1.82) is 0 Å². The average molecular weight is 390 g/mol. The number of carbonyl (C=O) groups excluding carboxylic acids is 3. The normalized spacial score (nSPS) is 25.3. The van der Waals surface area contributed by atoms with Gasteiger partial charge in [-0.1, -0.05) is 0 Å². The summed E-state index contributed by atoms with van der Waals surface area (Å²) in [5.74, 6) is -0.650. The van der Waals surface area contributed by atoms with E-state index in [1.165, 1.54) is 0 Å². The van der Waals surface area contributed by atoms with Gasteiger partial charge >= 0.3 is 6.03 Å². The van der Waals surface area contributed by atoms with E-state index in [0.717, 1.165) is 5.39 Å². The highest BCUT2D eigenvalue weighted by Gasteiger charge is 2.55. The first kappa shape index (κ1) is 15.0. The largest absolute Gasteiger partial charge is 0.348 e. The monoisotopic (exact) mass is 389 g/mol. The maximum atomic E-state index is 12.4. The molecule has 2 aliphatic rings. The molecule has 9 heteroatoms. The standard InChI is InChI=1S/C15H12BrN5O3/c16-9-6-17-5-7-1-2-10(19-11(7)9)12(22)18-8-3-15(4-8)13(23)20-14(24)21-15/h1-2,5-6,8H,3-4H2,(H,18,22)(H2,20,21,23,24). The van der Waals surface area contributed by atoms with Crippen molar-refractivity contribution in [3.8, 4) is 0 Å². The number of nitrogens with zero attached hydrogens (tertiary/aromatic N) is 2. The minimum Gasteiger partial charge on any atom is -0.348 e. The smallest absolute Gasteiger partial charge is 0.322 e. The molecular weight excluding hydrogens is 378 g/mol. The van der Waals surface area contributed by atoms with Crippen LogP contribution in [0.15, 0.2) is 29.0 Å². The molecule has 122 valence electrons. The molecule has 1 saturated heterocycles. The van der Waals surface area contributed by atoms with Crippen LogP contribution < -0.4 is 16.0 Å². The third-order valence-corrected chi connectivity index (χ3v) is 4.91. The Morgan fingerprint density at radius 3 is 2.79 bits per heavy atom. The average Bonchev–Trinajstić information content (AvgIpc) is 2.81. The fourth-order valence-corrected chi connectivity index (χ4v) is 3.53. The fourth-order valence-electron chi connectivity index (χ4n) is 3.09. The second-order valence-corrected chi connectivity index (χ2v) is 6.81. The number of imide groups is 1. The maximum Gasteiger partial charge on any atom is 0.322 e. The van der Waals surface area contributed by atoms with Crippen LogP contribution in [0.3, 0.4) is 0 Å². The molecule has 3 heterocycles. The van der Waals surface area contributed by atoms with Gasteiger partial charge in [-0.25, -0.2) is 9.78 Å². The number of rotatable bonds is 2. The van der Waals surface area contributed by atoms with E-state index in [0.29, 0.717) is 22.8 Å². The molecule has 1 aliphatic heterocycles. The third kappa shape index (κ3) is 2.32. The summed E-state index contributed by atoms with van der Waals surface area (Å²) in [7, 11) is 0. The molecule has 0 atom stereocenters. The molecule has 2 aromatic rings. The molecule has 0 bridgehead atoms. The molecule has 4 rings (SSSR count). The molecule has 2 aromatic heterocycles. The zero-order valence-corrected chi connectivity index (χ0v) is 13.9. The van der Waals surface area contributed by atoms with Crippen molar-refractivity contribution >= 4 is 44.7 Å². The zero-order chi connectivity index (χ0) is 16.9. The molecule has 8 nitrogen and oxygen atoms in total. The summed E-state index contributed by atoms with van der Waals surface area (Å²) in [5.41, 5.74) is 0.0704. The summed E-state index contributed by atoms with van der Waals surface area (Å²) in [5, 5.41) is 8.50. The molecule has 3 N–H and O–H groups in total. The Morgan fingerprint density at radius 1 is 1.29 bits per heavy atom. The number of pyridine rings is 2. The Balaban J connectivity index is 1.47. The summed E-state index contributed by atoms with van der Waals surface area (Å²) in [6, 6.07) is 2.74. The SMILES string of the molecule is O=C1NC(=O)C2(CC(NC(=O)c3ccc4cncc(Br)c4n3)C2)N1. The van der Waals surface area contributed by atoms with E-state index in [1.54, 1.807) is 24.5 Å². The van der Waals surface area contributed by atoms with Gasteiger partial charge < -0.3 is 10.6 Å². The molecule has 1 saturated carbocycles. The number of nitrogens with one attached hydrogen (secondary N) is 3. The fraction of sp³-hybridized carbons (Fsp3) is 0.267. The Labute approximate surface area is 144 Å². The van der Waals surface area contributed by atoms with Crippen molar-refractivity contribution in [3.05, 3.63) is 34.7 Å². The van der Waals surface area contributed by atoms with Crippen LogP contribution in [0.5, 0.6) is 0 Å². The first-order valence-corrected chi connectivity index (χ1v) is 8.11. The van der Waals surface area contributed by atoms with Gasteiger partial charge in [0.05, 0.1) is 9.99 Å². The van der Waals surface area contributed by atoms with Crippen LogP contribution in [0.4, 0.5) is 4.79 Å². The topological polar surface area (TPSA) is 113 Å². The second kappa shape index (κ2) is 5.23. The lowest BCUT2D eigenvalue weighted by Crippen LogP contribution is -2.63. The van der Waals surface area contributed by atoms with Crippen LogP contribution in [0, 0.1) is 0 Å². The van der Waals surface area contributed by atoms with Crippen molar-refractivity contribution in [2.24, 2.45) is 0 Å². The lowest BCUT2D eigenvalue weighted by molar-refractivity contribution is -0.127. The highest BCUT2D eigenvalue weighted by molar-refractivity contribution is 9.10. The van der Waals surface area contributed by atoms with Crippen LogP contribution in [0.1, 0.15) is 23.3 Å². The van der Waals surface area contributed by atoms with Gasteiger partial charge in [-0.05, 0) is 40.9 Å². The quantitative estimate of drug-likeness (QED) is 0.659. The van der Waals surface area contributed by atoms with Crippen LogP contribution in [0.25, 0.3) is 10.9 Å². The summed E-state index contributed by atoms with van der Waals surface area (Å²) >= 11 is 3.37. The van der Waals surface area contributed by atoms with E-state index in [2.05, 4.69) is 41.8 Å². The van der Waals surface area contributed by atoms with E-state index in [4.69, 9.17) is 0 Å². The molecule has 24 heavy (non-hydrogen) atoms. The number of aromatic nitrogens is 2. The number of carbonyl (C=O) groups is 3. The first-order chi connectivity index (χ1) is 11.5. The summed E-state index contributed by atoms with van der Waals surface area (Å²) in [4.78, 5) is 43.7. The molecule has 0 aromatic carbocycles. The van der Waals surface area contributed by atoms with Crippen molar-refractivity contribution < 1.29 is 14.4 Å². The number of halogens is 1. The van der Waals surface area contributed by atoms with Gasteiger partial charge in [0.25, 0.3) is 11.8 Å². The van der Waals surface area contributed by atoms with E-state index < -0.39 is 11.6 Å². The predicted molar refractivity (Wildman–Crippen MR) is 87.1 cm³/mol. The Kier molecular flexibility index (Phi) is 3.27. The number of fused-ring (bicyclic) bond motifs is 1. The zero-order valence-electron chi connectivity index (χ0n) is 12.3. The first-order valence-electron chi connectivity index (χ1n) is 7.32. The van der Waals surface area contributed by atoms with E-state index >= 15 is 0 Å². The predicted octanol–water partition coefficient (Wildman–Crippen LogP) is 0.863. The number of urea groups is 1. The maximum absolute atomic E-state index is 12.4. The highest BCUT2D eigenvalue weighted by Crippen LogP contribution is 2.35. The number of hydrogen-bond acceptors (Lipinski definition) is 5. The van der Waals surface area contributed by atoms with E-state index in [-0.39, 0.29) is 23.6 Å². The summed E-state index contributed by atoms with van der Waals surface area (Å²) in [6.45, 7) is 0. The number of hydrogen-bond donors (Lipinski definition) is 3. The lowest BCUT2D eigenvalue weighted by atomic mass is 9.72. The third-order valence-electron chi connectivity index (χ3n) is 4.33. The second-order valence-electron chi connectivity index (χ2n) is 5.96. The van der Waals surface area contributed by atoms with E-state index in [9.17, 15) is 14.4 Å². The van der Waals surface area contributed by atoms with Crippen LogP contribution in [-0.4, -0.2) is 39.4 Å². The summed E-state index contributed by atoms with van der Waals surface area (Å²) in [6.07, 6.45) is 4.04. The van der Waals surface area contributed by atoms with Crippen LogP contribution in [-0.2, 0) is 4.79 Å². The Bertz CT molecular complexity index is 894. The molecule has 1 aliphatic carbocycles. The van der Waals surface area contributed by atoms with E-state index in [1.807, 2.05) is 0 Å². The highest BCUT2D eigenvalue weighted by atomic mass is 79.9. The Hall–Kier alpha value is -2.55. The Morgan fingerprint density at radius 2 is 2.08 bits per heavy atom. The van der Waals surface area contributed by atoms with Crippen LogP contribution >= 0.6 is 15.9 Å². The van der Waals surface area contributed by atoms with Gasteiger partial charge in [0.1, 0.15) is 11.2 Å². The minimum atomic E-state index is -0.874. The van der Waals surface area contributed by atoms with Crippen molar-refractivity contribution in [1.82, 2.24) is 25.9 Å². The molecular formula is C15H12BrN5O3. The molecule has 0 radical (unpaired) electrons. The van der Waals surface area contributed by atoms with Crippen LogP contribution in [0.2, 0.25) is 0 Å². The molecule has 1 spiro atoms. The van der Waals surface area contributed by atoms with Gasteiger partial charge in [0.15, 0.2) is 0 Å². The van der Waals surface area contributed by atoms with Gasteiger partial charge in [-0.15, -0.1) is 0 Å². The van der Waals surface area contributed by atoms with Gasteiger partial charge in [-0.2, -0.15) is 0 Å². The minimum absolute atomic E-state index is 0.181. The van der Waals surface area contributed by atoms with Gasteiger partial charge in [0, 0.05) is 23.8 Å². The van der Waals surface area contributed by atoms with Gasteiger partial charge in [0.2, 0.25) is 0 Å². The molecule has 0 unspecified atom stereocenters. The molecule has 4 amide bonds. The number of amides is 4. The van der Waals surface area contributed by atoms with Crippen molar-refractivity contribution in [2.45, 2.75) is 24.4 Å².